The molecule has 8 heteroatoms. The van der Waals surface area contributed by atoms with Crippen molar-refractivity contribution in [2.45, 2.75) is 26.7 Å². The van der Waals surface area contributed by atoms with Gasteiger partial charge >= 0.3 is 23.9 Å². The summed E-state index contributed by atoms with van der Waals surface area (Å²) < 4.78 is 20.7. The van der Waals surface area contributed by atoms with Crippen LogP contribution in [0.4, 0.5) is 0 Å². The molecule has 0 N–H and O–H groups in total. The maximum Gasteiger partial charge on any atom is 0.339 e. The molecule has 0 heterocycles. The van der Waals surface area contributed by atoms with Crippen molar-refractivity contribution in [3.8, 4) is 28.4 Å². The second kappa shape index (κ2) is 14.8. The fourth-order valence-corrected chi connectivity index (χ4v) is 3.28. The zero-order valence-electron chi connectivity index (χ0n) is 22.9. The van der Waals surface area contributed by atoms with Gasteiger partial charge in [-0.2, -0.15) is 0 Å². The monoisotopic (exact) mass is 554 g/mol. The highest BCUT2D eigenvalue weighted by molar-refractivity contribution is 5.94. The Hall–Kier alpha value is -5.24. The molecule has 0 radical (unpaired) electrons. The SMILES string of the molecule is C=C(C)C(=O)Oc1ccc(-c2ccc(OC(=O)/C=C/c3ccc(OC(=O)C(=C)CC(=O)OCCC)cc3)cc2)cc1. The Bertz CT molecular complexity index is 1450. The van der Waals surface area contributed by atoms with E-state index in [-0.39, 0.29) is 24.4 Å². The predicted molar refractivity (Wildman–Crippen MR) is 154 cm³/mol. The van der Waals surface area contributed by atoms with Crippen LogP contribution in [0.2, 0.25) is 0 Å². The lowest BCUT2D eigenvalue weighted by molar-refractivity contribution is -0.144. The van der Waals surface area contributed by atoms with Crippen molar-refractivity contribution in [3.63, 3.8) is 0 Å². The van der Waals surface area contributed by atoms with Crippen LogP contribution in [0.3, 0.4) is 0 Å². The van der Waals surface area contributed by atoms with Gasteiger partial charge in [0.1, 0.15) is 17.2 Å². The zero-order chi connectivity index (χ0) is 29.8. The van der Waals surface area contributed by atoms with Crippen molar-refractivity contribution in [2.75, 3.05) is 6.61 Å². The number of carbonyl (C=O) groups excluding carboxylic acids is 4. The fourth-order valence-electron chi connectivity index (χ4n) is 3.28. The molecular weight excluding hydrogens is 524 g/mol. The Labute approximate surface area is 238 Å². The van der Waals surface area contributed by atoms with Crippen molar-refractivity contribution in [1.29, 1.82) is 0 Å². The molecule has 0 saturated heterocycles. The highest BCUT2D eigenvalue weighted by atomic mass is 16.5. The third kappa shape index (κ3) is 9.78. The summed E-state index contributed by atoms with van der Waals surface area (Å²) in [5.74, 6) is -1.26. The summed E-state index contributed by atoms with van der Waals surface area (Å²) in [6, 6.07) is 20.4. The van der Waals surface area contributed by atoms with Crippen LogP contribution in [0.25, 0.3) is 17.2 Å². The van der Waals surface area contributed by atoms with E-state index in [0.717, 1.165) is 11.1 Å². The average molecular weight is 555 g/mol. The predicted octanol–water partition coefficient (Wildman–Crippen LogP) is 6.26. The Morgan fingerprint density at radius 1 is 0.707 bits per heavy atom. The molecule has 210 valence electrons. The molecule has 3 aromatic rings. The Morgan fingerprint density at radius 2 is 1.20 bits per heavy atom. The number of carbonyl (C=O) groups is 4. The average Bonchev–Trinajstić information content (AvgIpc) is 2.96. The van der Waals surface area contributed by atoms with E-state index in [2.05, 4.69) is 13.2 Å². The topological polar surface area (TPSA) is 105 Å². The summed E-state index contributed by atoms with van der Waals surface area (Å²) in [4.78, 5) is 47.7. The summed E-state index contributed by atoms with van der Waals surface area (Å²) in [7, 11) is 0. The van der Waals surface area contributed by atoms with E-state index in [1.54, 1.807) is 61.5 Å². The lowest BCUT2D eigenvalue weighted by Gasteiger charge is -2.07. The van der Waals surface area contributed by atoms with E-state index in [0.29, 0.717) is 29.1 Å². The van der Waals surface area contributed by atoms with Gasteiger partial charge in [-0.3, -0.25) is 4.79 Å². The number of benzene rings is 3. The van der Waals surface area contributed by atoms with E-state index < -0.39 is 23.9 Å². The highest BCUT2D eigenvalue weighted by Crippen LogP contribution is 2.25. The molecule has 8 nitrogen and oxygen atoms in total. The summed E-state index contributed by atoms with van der Waals surface area (Å²) in [5.41, 5.74) is 2.77. The first kappa shape index (κ1) is 30.3. The molecule has 0 spiro atoms. The van der Waals surface area contributed by atoms with Gasteiger partial charge in [0, 0.05) is 17.2 Å². The summed E-state index contributed by atoms with van der Waals surface area (Å²) >= 11 is 0. The first-order valence-corrected chi connectivity index (χ1v) is 12.8. The molecule has 0 atom stereocenters. The zero-order valence-corrected chi connectivity index (χ0v) is 22.9. The lowest BCUT2D eigenvalue weighted by Crippen LogP contribution is -2.15. The minimum absolute atomic E-state index is 0.00892. The van der Waals surface area contributed by atoms with Gasteiger partial charge in [0.2, 0.25) is 0 Å². The largest absolute Gasteiger partial charge is 0.465 e. The van der Waals surface area contributed by atoms with Crippen LogP contribution >= 0.6 is 0 Å². The molecule has 0 aliphatic rings. The van der Waals surface area contributed by atoms with Crippen LogP contribution in [-0.4, -0.2) is 30.5 Å². The number of esters is 4. The maximum atomic E-state index is 12.3. The molecular formula is C33H30O8. The summed E-state index contributed by atoms with van der Waals surface area (Å²) in [5, 5.41) is 0. The minimum atomic E-state index is -0.725. The van der Waals surface area contributed by atoms with Gasteiger partial charge in [0.25, 0.3) is 0 Å². The third-order valence-electron chi connectivity index (χ3n) is 5.44. The van der Waals surface area contributed by atoms with Crippen LogP contribution in [0.1, 0.15) is 32.3 Å². The normalized spacial score (nSPS) is 10.5. The van der Waals surface area contributed by atoms with Crippen LogP contribution < -0.4 is 14.2 Å². The Morgan fingerprint density at radius 3 is 1.71 bits per heavy atom. The first-order chi connectivity index (χ1) is 19.6. The molecule has 0 saturated carbocycles. The van der Waals surface area contributed by atoms with Crippen LogP contribution in [0.5, 0.6) is 17.2 Å². The molecule has 41 heavy (non-hydrogen) atoms. The first-order valence-electron chi connectivity index (χ1n) is 12.8. The van der Waals surface area contributed by atoms with Gasteiger partial charge in [-0.25, -0.2) is 14.4 Å². The molecule has 0 unspecified atom stereocenters. The van der Waals surface area contributed by atoms with Crippen LogP contribution in [0.15, 0.2) is 103 Å². The van der Waals surface area contributed by atoms with Crippen molar-refractivity contribution in [2.24, 2.45) is 0 Å². The van der Waals surface area contributed by atoms with E-state index in [4.69, 9.17) is 18.9 Å². The molecule has 0 amide bonds. The molecule has 3 rings (SSSR count). The van der Waals surface area contributed by atoms with E-state index in [9.17, 15) is 19.2 Å². The number of hydrogen-bond acceptors (Lipinski definition) is 8. The third-order valence-corrected chi connectivity index (χ3v) is 5.44. The second-order valence-corrected chi connectivity index (χ2v) is 8.93. The summed E-state index contributed by atoms with van der Waals surface area (Å²) in [6.07, 6.45) is 3.28. The quantitative estimate of drug-likeness (QED) is 0.147. The number of rotatable bonds is 12. The summed E-state index contributed by atoms with van der Waals surface area (Å²) in [6.45, 7) is 10.9. The Balaban J connectivity index is 1.49. The van der Waals surface area contributed by atoms with Gasteiger partial charge in [0.05, 0.1) is 13.0 Å². The van der Waals surface area contributed by atoms with Crippen molar-refractivity contribution >= 4 is 30.0 Å². The lowest BCUT2D eigenvalue weighted by atomic mass is 10.1. The second-order valence-electron chi connectivity index (χ2n) is 8.93. The molecule has 0 bridgehead atoms. The molecule has 0 aliphatic heterocycles. The van der Waals surface area contributed by atoms with Gasteiger partial charge in [-0.1, -0.05) is 56.5 Å². The van der Waals surface area contributed by atoms with Gasteiger partial charge in [0.15, 0.2) is 0 Å². The number of ether oxygens (including phenoxy) is 4. The van der Waals surface area contributed by atoms with Gasteiger partial charge in [-0.05, 0) is 72.5 Å². The molecule has 0 aromatic heterocycles. The van der Waals surface area contributed by atoms with Crippen LogP contribution in [0, 0.1) is 0 Å². The van der Waals surface area contributed by atoms with E-state index in [1.165, 1.54) is 6.08 Å². The van der Waals surface area contributed by atoms with Crippen LogP contribution in [-0.2, 0) is 23.9 Å². The van der Waals surface area contributed by atoms with Crippen molar-refractivity contribution < 1.29 is 38.1 Å². The van der Waals surface area contributed by atoms with E-state index >= 15 is 0 Å². The molecule has 0 aliphatic carbocycles. The van der Waals surface area contributed by atoms with Crippen molar-refractivity contribution in [1.82, 2.24) is 0 Å². The smallest absolute Gasteiger partial charge is 0.339 e. The van der Waals surface area contributed by atoms with E-state index in [1.807, 2.05) is 31.2 Å². The fraction of sp³-hybridized carbons (Fsp3) is 0.152. The molecule has 3 aromatic carbocycles. The van der Waals surface area contributed by atoms with Gasteiger partial charge < -0.3 is 18.9 Å². The molecule has 0 fully saturated rings. The minimum Gasteiger partial charge on any atom is -0.465 e. The number of hydrogen-bond donors (Lipinski definition) is 0. The maximum absolute atomic E-state index is 12.3. The van der Waals surface area contributed by atoms with Crippen molar-refractivity contribution in [3.05, 3.63) is 109 Å². The highest BCUT2D eigenvalue weighted by Gasteiger charge is 2.15. The standard InChI is InChI=1S/C33H30O8/c1-5-20-38-31(35)21-23(4)33(37)41-28-13-6-24(7-14-28)8-19-30(34)39-27-15-9-25(10-16-27)26-11-17-29(18-12-26)40-32(36)22(2)3/h6-19H,2,4-5,20-21H2,1,3H3/b19-8+. The van der Waals surface area contributed by atoms with Gasteiger partial charge in [-0.15, -0.1) is 0 Å². The Kier molecular flexibility index (Phi) is 10.9.